The van der Waals surface area contributed by atoms with E-state index in [9.17, 15) is 14.4 Å². The molecule has 0 atom stereocenters. The predicted octanol–water partition coefficient (Wildman–Crippen LogP) is 3.99. The van der Waals surface area contributed by atoms with E-state index in [1.165, 1.54) is 5.56 Å². The molecule has 0 fully saturated rings. The standard InChI is InChI=1S/C26H24N2O4/c1-18-7-6-10-20(15-18)25(30)27-23-12-5-4-11-22(23)26(31)32-17-24(29)28-14-13-19-8-2-3-9-21(19)16-28/h2-12,15H,13-14,16-17H2,1H3,(H,27,30). The van der Waals surface area contributed by atoms with Gasteiger partial charge in [0.25, 0.3) is 11.8 Å². The maximum atomic E-state index is 12.7. The van der Waals surface area contributed by atoms with Crippen molar-refractivity contribution in [3.63, 3.8) is 0 Å². The Morgan fingerprint density at radius 1 is 0.938 bits per heavy atom. The fraction of sp³-hybridized carbons (Fsp3) is 0.192. The largest absolute Gasteiger partial charge is 0.452 e. The summed E-state index contributed by atoms with van der Waals surface area (Å²) in [5.74, 6) is -1.22. The zero-order valence-corrected chi connectivity index (χ0v) is 17.8. The summed E-state index contributed by atoms with van der Waals surface area (Å²) in [6.07, 6.45) is 0.781. The van der Waals surface area contributed by atoms with Crippen LogP contribution >= 0.6 is 0 Å². The molecule has 1 aliphatic rings. The van der Waals surface area contributed by atoms with E-state index < -0.39 is 5.97 Å². The summed E-state index contributed by atoms with van der Waals surface area (Å²) >= 11 is 0. The number of hydrogen-bond donors (Lipinski definition) is 1. The van der Waals surface area contributed by atoms with Gasteiger partial charge in [0, 0.05) is 18.7 Å². The quantitative estimate of drug-likeness (QED) is 0.624. The zero-order chi connectivity index (χ0) is 22.5. The van der Waals surface area contributed by atoms with Gasteiger partial charge in [-0.25, -0.2) is 4.79 Å². The van der Waals surface area contributed by atoms with Crippen LogP contribution in [0.15, 0.2) is 72.8 Å². The van der Waals surface area contributed by atoms with Crippen molar-refractivity contribution in [2.45, 2.75) is 19.9 Å². The van der Waals surface area contributed by atoms with Gasteiger partial charge in [-0.2, -0.15) is 0 Å². The van der Waals surface area contributed by atoms with Crippen LogP contribution in [0.3, 0.4) is 0 Å². The number of carbonyl (C=O) groups is 3. The molecule has 32 heavy (non-hydrogen) atoms. The molecule has 0 aliphatic carbocycles. The van der Waals surface area contributed by atoms with Crippen molar-refractivity contribution in [2.24, 2.45) is 0 Å². The number of ether oxygens (including phenoxy) is 1. The number of amides is 2. The molecule has 0 unspecified atom stereocenters. The molecule has 6 heteroatoms. The van der Waals surface area contributed by atoms with Crippen LogP contribution in [-0.2, 0) is 22.5 Å². The Labute approximate surface area is 186 Å². The summed E-state index contributed by atoms with van der Waals surface area (Å²) in [6.45, 7) is 2.66. The molecule has 1 aliphatic heterocycles. The van der Waals surface area contributed by atoms with E-state index in [2.05, 4.69) is 11.4 Å². The van der Waals surface area contributed by atoms with Gasteiger partial charge in [-0.1, -0.05) is 54.1 Å². The Morgan fingerprint density at radius 2 is 1.69 bits per heavy atom. The van der Waals surface area contributed by atoms with Crippen LogP contribution in [0, 0.1) is 6.92 Å². The molecule has 1 N–H and O–H groups in total. The number of nitrogens with zero attached hydrogens (tertiary/aromatic N) is 1. The molecule has 0 spiro atoms. The lowest BCUT2D eigenvalue weighted by atomic mass is 10.00. The summed E-state index contributed by atoms with van der Waals surface area (Å²) in [4.78, 5) is 39.6. The topological polar surface area (TPSA) is 75.7 Å². The highest BCUT2D eigenvalue weighted by atomic mass is 16.5. The first-order valence-corrected chi connectivity index (χ1v) is 10.5. The summed E-state index contributed by atoms with van der Waals surface area (Å²) < 4.78 is 5.30. The van der Waals surface area contributed by atoms with E-state index in [1.54, 1.807) is 47.4 Å². The van der Waals surface area contributed by atoms with Crippen LogP contribution in [0.4, 0.5) is 5.69 Å². The van der Waals surface area contributed by atoms with Crippen LogP contribution in [0.25, 0.3) is 0 Å². The second-order valence-corrected chi connectivity index (χ2v) is 7.78. The lowest BCUT2D eigenvalue weighted by Crippen LogP contribution is -2.38. The third-order valence-corrected chi connectivity index (χ3v) is 5.49. The van der Waals surface area contributed by atoms with Crippen molar-refractivity contribution >= 4 is 23.5 Å². The highest BCUT2D eigenvalue weighted by Gasteiger charge is 2.22. The molecule has 0 aromatic heterocycles. The van der Waals surface area contributed by atoms with Gasteiger partial charge in [-0.05, 0) is 48.7 Å². The fourth-order valence-corrected chi connectivity index (χ4v) is 3.76. The van der Waals surface area contributed by atoms with Crippen LogP contribution in [0.2, 0.25) is 0 Å². The molecule has 0 saturated heterocycles. The average molecular weight is 428 g/mol. The highest BCUT2D eigenvalue weighted by molar-refractivity contribution is 6.08. The Bertz CT molecular complexity index is 1170. The van der Waals surface area contributed by atoms with Crippen LogP contribution in [0.1, 0.15) is 37.4 Å². The number of fused-ring (bicyclic) bond motifs is 1. The van der Waals surface area contributed by atoms with Gasteiger partial charge in [0.15, 0.2) is 6.61 Å². The third kappa shape index (κ3) is 4.86. The van der Waals surface area contributed by atoms with Crippen molar-refractivity contribution in [3.05, 3.63) is 101 Å². The molecule has 3 aromatic carbocycles. The number of anilines is 1. The maximum Gasteiger partial charge on any atom is 0.340 e. The molecule has 6 nitrogen and oxygen atoms in total. The van der Waals surface area contributed by atoms with E-state index in [0.717, 1.165) is 17.5 Å². The molecule has 162 valence electrons. The summed E-state index contributed by atoms with van der Waals surface area (Å²) in [7, 11) is 0. The van der Waals surface area contributed by atoms with Crippen LogP contribution in [0.5, 0.6) is 0 Å². The Hall–Kier alpha value is -3.93. The Balaban J connectivity index is 1.39. The average Bonchev–Trinajstić information content (AvgIpc) is 2.82. The van der Waals surface area contributed by atoms with Gasteiger partial charge >= 0.3 is 5.97 Å². The van der Waals surface area contributed by atoms with Gasteiger partial charge in [0.2, 0.25) is 0 Å². The van der Waals surface area contributed by atoms with Crippen molar-refractivity contribution in [2.75, 3.05) is 18.5 Å². The third-order valence-electron chi connectivity index (χ3n) is 5.49. The lowest BCUT2D eigenvalue weighted by molar-refractivity contribution is -0.135. The van der Waals surface area contributed by atoms with Crippen molar-refractivity contribution in [1.29, 1.82) is 0 Å². The fourth-order valence-electron chi connectivity index (χ4n) is 3.76. The normalized spacial score (nSPS) is 12.6. The van der Waals surface area contributed by atoms with E-state index in [4.69, 9.17) is 4.74 Å². The number of esters is 1. The van der Waals surface area contributed by atoms with Gasteiger partial charge in [0.1, 0.15) is 0 Å². The van der Waals surface area contributed by atoms with Gasteiger partial charge in [-0.15, -0.1) is 0 Å². The number of rotatable bonds is 5. The van der Waals surface area contributed by atoms with Crippen molar-refractivity contribution in [3.8, 4) is 0 Å². The monoisotopic (exact) mass is 428 g/mol. The summed E-state index contributed by atoms with van der Waals surface area (Å²) in [5.41, 5.74) is 4.35. The van der Waals surface area contributed by atoms with E-state index in [1.807, 2.05) is 31.2 Å². The SMILES string of the molecule is Cc1cccc(C(=O)Nc2ccccc2C(=O)OCC(=O)N2CCc3ccccc3C2)c1. The number of carbonyl (C=O) groups excluding carboxylic acids is 3. The minimum Gasteiger partial charge on any atom is -0.452 e. The molecule has 1 heterocycles. The molecule has 2 amide bonds. The first-order valence-electron chi connectivity index (χ1n) is 10.5. The van der Waals surface area contributed by atoms with E-state index in [-0.39, 0.29) is 24.0 Å². The van der Waals surface area contributed by atoms with Crippen LogP contribution < -0.4 is 5.32 Å². The second-order valence-electron chi connectivity index (χ2n) is 7.78. The van der Waals surface area contributed by atoms with Crippen molar-refractivity contribution in [1.82, 2.24) is 4.90 Å². The highest BCUT2D eigenvalue weighted by Crippen LogP contribution is 2.20. The summed E-state index contributed by atoms with van der Waals surface area (Å²) in [6, 6.07) is 21.8. The second kappa shape index (κ2) is 9.47. The van der Waals surface area contributed by atoms with E-state index in [0.29, 0.717) is 24.3 Å². The Morgan fingerprint density at radius 3 is 2.50 bits per heavy atom. The first-order chi connectivity index (χ1) is 15.5. The van der Waals surface area contributed by atoms with E-state index >= 15 is 0 Å². The number of benzene rings is 3. The van der Waals surface area contributed by atoms with Gasteiger partial charge in [0.05, 0.1) is 11.3 Å². The minimum absolute atomic E-state index is 0.199. The lowest BCUT2D eigenvalue weighted by Gasteiger charge is -2.28. The number of aryl methyl sites for hydroxylation is 1. The molecule has 0 bridgehead atoms. The minimum atomic E-state index is -0.657. The predicted molar refractivity (Wildman–Crippen MR) is 121 cm³/mol. The zero-order valence-electron chi connectivity index (χ0n) is 17.8. The Kier molecular flexibility index (Phi) is 6.31. The number of hydrogen-bond acceptors (Lipinski definition) is 4. The first kappa shape index (κ1) is 21.3. The molecule has 3 aromatic rings. The molecular weight excluding hydrogens is 404 g/mol. The number of nitrogens with one attached hydrogen (secondary N) is 1. The smallest absolute Gasteiger partial charge is 0.340 e. The van der Waals surface area contributed by atoms with Gasteiger partial charge < -0.3 is 15.0 Å². The molecule has 0 saturated carbocycles. The molecule has 4 rings (SSSR count). The molecular formula is C26H24N2O4. The maximum absolute atomic E-state index is 12.7. The summed E-state index contributed by atoms with van der Waals surface area (Å²) in [5, 5.41) is 2.76. The number of para-hydroxylation sites is 1. The molecule has 0 radical (unpaired) electrons. The van der Waals surface area contributed by atoms with Crippen molar-refractivity contribution < 1.29 is 19.1 Å². The van der Waals surface area contributed by atoms with Gasteiger partial charge in [-0.3, -0.25) is 9.59 Å². The van der Waals surface area contributed by atoms with Crippen LogP contribution in [-0.4, -0.2) is 35.8 Å².